The highest BCUT2D eigenvalue weighted by Crippen LogP contribution is 2.30. The second-order valence-electron chi connectivity index (χ2n) is 9.90. The number of carbonyl (C=O) groups is 2. The molecule has 10 nitrogen and oxygen atoms in total. The molecule has 6 rings (SSSR count). The molecule has 186 valence electrons. The number of carbonyl (C=O) groups excluding carboxylic acids is 2. The molecule has 0 radical (unpaired) electrons. The van der Waals surface area contributed by atoms with Crippen LogP contribution < -0.4 is 5.32 Å². The number of nitrogens with one attached hydrogen (secondary N) is 1. The van der Waals surface area contributed by atoms with Crippen LogP contribution in [0.1, 0.15) is 66.1 Å². The molecule has 0 aliphatic carbocycles. The molecule has 1 N–H and O–H groups in total. The van der Waals surface area contributed by atoms with Crippen molar-refractivity contribution in [3.8, 4) is 11.5 Å². The highest BCUT2D eigenvalue weighted by Gasteiger charge is 2.27. The number of urea groups is 1. The average molecular weight is 487 g/mol. The first-order valence-electron chi connectivity index (χ1n) is 12.8. The smallest absolute Gasteiger partial charge is 0.320 e. The van der Waals surface area contributed by atoms with Gasteiger partial charge in [0.25, 0.3) is 5.91 Å². The van der Waals surface area contributed by atoms with Crippen LogP contribution in [-0.4, -0.2) is 66.1 Å². The van der Waals surface area contributed by atoms with Gasteiger partial charge in [-0.05, 0) is 68.4 Å². The fraction of sp³-hybridized carbons (Fsp3) is 0.462. The number of fused-ring (bicyclic) bond motifs is 2. The normalized spacial score (nSPS) is 19.1. The number of amides is 3. The van der Waals surface area contributed by atoms with Gasteiger partial charge in [0.1, 0.15) is 23.0 Å². The molecule has 3 aromatic rings. The third kappa shape index (κ3) is 4.20. The summed E-state index contributed by atoms with van der Waals surface area (Å²) < 4.78 is 2.12. The highest BCUT2D eigenvalue weighted by atomic mass is 16.2. The minimum Gasteiger partial charge on any atom is -0.325 e. The van der Waals surface area contributed by atoms with E-state index in [9.17, 15) is 9.59 Å². The Morgan fingerprint density at radius 3 is 2.72 bits per heavy atom. The number of anilines is 1. The Morgan fingerprint density at radius 2 is 1.86 bits per heavy atom. The van der Waals surface area contributed by atoms with Crippen LogP contribution in [0, 0.1) is 0 Å². The van der Waals surface area contributed by atoms with E-state index in [1.807, 2.05) is 21.9 Å². The van der Waals surface area contributed by atoms with Crippen LogP contribution in [0.4, 0.5) is 10.6 Å². The lowest BCUT2D eigenvalue weighted by atomic mass is 10.0. The molecule has 1 atom stereocenters. The lowest BCUT2D eigenvalue weighted by Crippen LogP contribution is -2.47. The Bertz CT molecular complexity index is 1310. The third-order valence-corrected chi connectivity index (χ3v) is 7.44. The van der Waals surface area contributed by atoms with Crippen LogP contribution in [0.3, 0.4) is 0 Å². The summed E-state index contributed by atoms with van der Waals surface area (Å²) in [6.07, 6.45) is 7.78. The van der Waals surface area contributed by atoms with Gasteiger partial charge < -0.3 is 19.7 Å². The quantitative estimate of drug-likeness (QED) is 0.607. The highest BCUT2D eigenvalue weighted by molar-refractivity contribution is 6.02. The Labute approximate surface area is 209 Å². The Kier molecular flexibility index (Phi) is 5.86. The standard InChI is InChI=1S/C26H30N8O2/c1-17-8-9-23-30-31-24(34(17)23)20-6-5-7-22(28-20)29-25(35)21-14-19-16-33(13-10-18(19)15-27-21)26(36)32-11-3-2-4-12-32/h5-7,14-15,17H,2-4,8-13,16H2,1H3,(H,28,29,35)/t17-/m1/s1. The SMILES string of the molecule is C[C@@H]1CCc2nnc(-c3cccc(NC(=O)c4cc5c(cn4)CCN(C(=O)N4CCCCC4)C5)n3)n21. The van der Waals surface area contributed by atoms with Gasteiger partial charge in [-0.25, -0.2) is 9.78 Å². The van der Waals surface area contributed by atoms with Crippen molar-refractivity contribution in [3.63, 3.8) is 0 Å². The van der Waals surface area contributed by atoms with Crippen LogP contribution >= 0.6 is 0 Å². The first-order chi connectivity index (χ1) is 17.6. The Morgan fingerprint density at radius 1 is 1.00 bits per heavy atom. The summed E-state index contributed by atoms with van der Waals surface area (Å²) in [5.41, 5.74) is 3.04. The number of hydrogen-bond acceptors (Lipinski definition) is 6. The van der Waals surface area contributed by atoms with Gasteiger partial charge in [-0.2, -0.15) is 0 Å². The van der Waals surface area contributed by atoms with Crippen molar-refractivity contribution in [2.45, 2.75) is 58.0 Å². The Balaban J connectivity index is 1.17. The maximum Gasteiger partial charge on any atom is 0.320 e. The fourth-order valence-corrected chi connectivity index (χ4v) is 5.42. The van der Waals surface area contributed by atoms with Crippen LogP contribution in [0.25, 0.3) is 11.5 Å². The number of aryl methyl sites for hydroxylation is 1. The maximum atomic E-state index is 13.1. The van der Waals surface area contributed by atoms with Gasteiger partial charge in [0.15, 0.2) is 5.82 Å². The minimum absolute atomic E-state index is 0.0958. The van der Waals surface area contributed by atoms with Crippen molar-refractivity contribution in [3.05, 3.63) is 53.1 Å². The summed E-state index contributed by atoms with van der Waals surface area (Å²) in [5.74, 6) is 1.79. The molecule has 0 bridgehead atoms. The van der Waals surface area contributed by atoms with Gasteiger partial charge in [-0.3, -0.25) is 9.78 Å². The number of piperidine rings is 1. The van der Waals surface area contributed by atoms with E-state index in [-0.39, 0.29) is 11.9 Å². The topological polar surface area (TPSA) is 109 Å². The zero-order valence-electron chi connectivity index (χ0n) is 20.5. The summed E-state index contributed by atoms with van der Waals surface area (Å²) in [4.78, 5) is 38.9. The van der Waals surface area contributed by atoms with E-state index < -0.39 is 0 Å². The zero-order valence-corrected chi connectivity index (χ0v) is 20.5. The monoisotopic (exact) mass is 486 g/mol. The van der Waals surface area contributed by atoms with Crippen molar-refractivity contribution >= 4 is 17.8 Å². The second-order valence-corrected chi connectivity index (χ2v) is 9.90. The van der Waals surface area contributed by atoms with E-state index in [1.165, 1.54) is 6.42 Å². The molecule has 0 saturated carbocycles. The molecular weight excluding hydrogens is 456 g/mol. The molecule has 10 heteroatoms. The number of hydrogen-bond donors (Lipinski definition) is 1. The second kappa shape index (κ2) is 9.33. The van der Waals surface area contributed by atoms with Crippen LogP contribution in [0.5, 0.6) is 0 Å². The number of likely N-dealkylation sites (tertiary alicyclic amines) is 1. The summed E-state index contributed by atoms with van der Waals surface area (Å²) in [7, 11) is 0. The zero-order chi connectivity index (χ0) is 24.6. The van der Waals surface area contributed by atoms with Crippen LogP contribution in [0.15, 0.2) is 30.5 Å². The van der Waals surface area contributed by atoms with Gasteiger partial charge in [0.05, 0.1) is 0 Å². The number of rotatable bonds is 3. The van der Waals surface area contributed by atoms with Crippen molar-refractivity contribution in [1.82, 2.24) is 34.5 Å². The first-order valence-corrected chi connectivity index (χ1v) is 12.8. The van der Waals surface area contributed by atoms with E-state index >= 15 is 0 Å². The molecule has 1 saturated heterocycles. The maximum absolute atomic E-state index is 13.1. The van der Waals surface area contributed by atoms with Crippen LogP contribution in [-0.2, 0) is 19.4 Å². The van der Waals surface area contributed by atoms with E-state index in [1.54, 1.807) is 18.3 Å². The van der Waals surface area contributed by atoms with Crippen LogP contribution in [0.2, 0.25) is 0 Å². The summed E-state index contributed by atoms with van der Waals surface area (Å²) >= 11 is 0. The van der Waals surface area contributed by atoms with Crippen molar-refractivity contribution in [1.29, 1.82) is 0 Å². The molecule has 3 aromatic heterocycles. The molecule has 36 heavy (non-hydrogen) atoms. The molecular formula is C26H30N8O2. The molecule has 0 spiro atoms. The van der Waals surface area contributed by atoms with E-state index in [4.69, 9.17) is 0 Å². The molecule has 0 unspecified atom stereocenters. The van der Waals surface area contributed by atoms with Gasteiger partial charge in [0, 0.05) is 44.8 Å². The number of nitrogens with zero attached hydrogens (tertiary/aromatic N) is 7. The summed E-state index contributed by atoms with van der Waals surface area (Å²) in [5, 5.41) is 11.5. The van der Waals surface area contributed by atoms with Gasteiger partial charge >= 0.3 is 6.03 Å². The lowest BCUT2D eigenvalue weighted by Gasteiger charge is -2.35. The predicted octanol–water partition coefficient (Wildman–Crippen LogP) is 3.46. The molecule has 1 fully saturated rings. The molecule has 3 amide bonds. The van der Waals surface area contributed by atoms with E-state index in [0.29, 0.717) is 36.3 Å². The molecule has 3 aliphatic rings. The number of pyridine rings is 2. The lowest BCUT2D eigenvalue weighted by molar-refractivity contribution is 0.102. The first kappa shape index (κ1) is 22.6. The minimum atomic E-state index is -0.332. The summed E-state index contributed by atoms with van der Waals surface area (Å²) in [6.45, 7) is 4.98. The third-order valence-electron chi connectivity index (χ3n) is 7.44. The number of aromatic nitrogens is 5. The van der Waals surface area contributed by atoms with Gasteiger partial charge in [-0.15, -0.1) is 10.2 Å². The van der Waals surface area contributed by atoms with Crippen molar-refractivity contribution < 1.29 is 9.59 Å². The van der Waals surface area contributed by atoms with E-state index in [0.717, 1.165) is 68.0 Å². The summed E-state index contributed by atoms with van der Waals surface area (Å²) in [6, 6.07) is 7.71. The average Bonchev–Trinajstić information content (AvgIpc) is 3.51. The largest absolute Gasteiger partial charge is 0.325 e. The molecule has 0 aromatic carbocycles. The molecule has 6 heterocycles. The molecule has 3 aliphatic heterocycles. The van der Waals surface area contributed by atoms with Gasteiger partial charge in [0.2, 0.25) is 0 Å². The van der Waals surface area contributed by atoms with Crippen molar-refractivity contribution in [2.75, 3.05) is 25.0 Å². The fourth-order valence-electron chi connectivity index (χ4n) is 5.42. The Hall–Kier alpha value is -3.82. The van der Waals surface area contributed by atoms with E-state index in [2.05, 4.69) is 37.0 Å². The predicted molar refractivity (Wildman–Crippen MR) is 133 cm³/mol. The van der Waals surface area contributed by atoms with Gasteiger partial charge in [-0.1, -0.05) is 6.07 Å². The van der Waals surface area contributed by atoms with Crippen molar-refractivity contribution in [2.24, 2.45) is 0 Å².